The Kier molecular flexibility index (Phi) is 4.32. The molecule has 1 rings (SSSR count). The van der Waals surface area contributed by atoms with Gasteiger partial charge >= 0.3 is 12.2 Å². The Labute approximate surface area is 86.6 Å². The van der Waals surface area contributed by atoms with E-state index in [9.17, 15) is 9.59 Å². The first-order chi connectivity index (χ1) is 7.13. The van der Waals surface area contributed by atoms with Crippen molar-refractivity contribution in [2.45, 2.75) is 12.5 Å². The number of nitrogens with zero attached hydrogens (tertiary/aromatic N) is 1. The Morgan fingerprint density at radius 1 is 1.53 bits per heavy atom. The molecule has 0 spiro atoms. The average Bonchev–Trinajstić information content (AvgIpc) is 2.61. The average molecular weight is 218 g/mol. The first-order valence-electron chi connectivity index (χ1n) is 4.67. The van der Waals surface area contributed by atoms with Gasteiger partial charge in [0.2, 0.25) is 0 Å². The van der Waals surface area contributed by atoms with E-state index in [2.05, 4.69) is 10.1 Å². The number of likely N-dealkylation sites (tertiary alicyclic amines) is 1. The van der Waals surface area contributed by atoms with Gasteiger partial charge in [-0.1, -0.05) is 0 Å². The maximum atomic E-state index is 11.2. The molecule has 0 aromatic carbocycles. The Morgan fingerprint density at radius 2 is 2.27 bits per heavy atom. The number of β-amino-alcohol motifs (C(OH)–C–C–N with tert-alkyl or cyclic N) is 1. The van der Waals surface area contributed by atoms with Crippen molar-refractivity contribution < 1.29 is 24.5 Å². The summed E-state index contributed by atoms with van der Waals surface area (Å²) < 4.78 is 4.40. The van der Waals surface area contributed by atoms with Crippen LogP contribution in [-0.2, 0) is 4.74 Å². The zero-order valence-electron chi connectivity index (χ0n) is 8.18. The fourth-order valence-electron chi connectivity index (χ4n) is 1.25. The summed E-state index contributed by atoms with van der Waals surface area (Å²) in [6.07, 6.45) is -1.72. The summed E-state index contributed by atoms with van der Waals surface area (Å²) in [6.45, 7) is 0.389. The normalized spacial score (nSPS) is 20.1. The lowest BCUT2D eigenvalue weighted by atomic mass is 10.3. The molecule has 1 heterocycles. The van der Waals surface area contributed by atoms with Gasteiger partial charge in [0.1, 0.15) is 0 Å². The van der Waals surface area contributed by atoms with Crippen LogP contribution in [0, 0.1) is 0 Å². The maximum absolute atomic E-state index is 11.2. The molecule has 0 radical (unpaired) electrons. The van der Waals surface area contributed by atoms with E-state index >= 15 is 0 Å². The molecule has 0 aliphatic carbocycles. The molecule has 0 aromatic heterocycles. The van der Waals surface area contributed by atoms with Crippen LogP contribution in [0.3, 0.4) is 0 Å². The first-order valence-corrected chi connectivity index (χ1v) is 4.67. The second kappa shape index (κ2) is 5.52. The molecule has 1 atom stereocenters. The van der Waals surface area contributed by atoms with Crippen LogP contribution >= 0.6 is 0 Å². The van der Waals surface area contributed by atoms with Gasteiger partial charge in [0.15, 0.2) is 0 Å². The van der Waals surface area contributed by atoms with E-state index in [0.29, 0.717) is 13.0 Å². The Hall–Kier alpha value is -1.34. The van der Waals surface area contributed by atoms with Gasteiger partial charge in [-0.15, -0.1) is 0 Å². The Balaban J connectivity index is 2.26. The summed E-state index contributed by atoms with van der Waals surface area (Å²) in [6, 6.07) is 0. The maximum Gasteiger partial charge on any atom is 0.418 e. The first kappa shape index (κ1) is 11.7. The summed E-state index contributed by atoms with van der Waals surface area (Å²) in [4.78, 5) is 23.4. The zero-order valence-corrected chi connectivity index (χ0v) is 8.18. The summed E-state index contributed by atoms with van der Waals surface area (Å²) in [5, 5.41) is 19.7. The van der Waals surface area contributed by atoms with Crippen LogP contribution < -0.4 is 5.32 Å². The van der Waals surface area contributed by atoms with E-state index in [-0.39, 0.29) is 19.7 Å². The lowest BCUT2D eigenvalue weighted by molar-refractivity contribution is 0.116. The van der Waals surface area contributed by atoms with Crippen LogP contribution in [0.4, 0.5) is 9.59 Å². The van der Waals surface area contributed by atoms with E-state index in [1.807, 2.05) is 0 Å². The largest absolute Gasteiger partial charge is 0.418 e. The topological polar surface area (TPSA) is 99.1 Å². The van der Waals surface area contributed by atoms with Crippen molar-refractivity contribution >= 4 is 12.2 Å². The Bertz CT molecular complexity index is 245. The van der Waals surface area contributed by atoms with E-state index in [1.54, 1.807) is 0 Å². The van der Waals surface area contributed by atoms with E-state index in [0.717, 1.165) is 0 Å². The molecule has 86 valence electrons. The summed E-state index contributed by atoms with van der Waals surface area (Å²) >= 11 is 0. The fourth-order valence-corrected chi connectivity index (χ4v) is 1.25. The molecule has 1 aliphatic rings. The predicted molar refractivity (Wildman–Crippen MR) is 49.2 cm³/mol. The predicted octanol–water partition coefficient (Wildman–Crippen LogP) is -1.11. The van der Waals surface area contributed by atoms with Crippen LogP contribution in [0.15, 0.2) is 0 Å². The lowest BCUT2D eigenvalue weighted by Gasteiger charge is -2.14. The second-order valence-corrected chi connectivity index (χ2v) is 3.19. The molecule has 1 unspecified atom stereocenters. The van der Waals surface area contributed by atoms with Crippen molar-refractivity contribution in [1.82, 2.24) is 10.2 Å². The van der Waals surface area contributed by atoms with E-state index < -0.39 is 18.3 Å². The van der Waals surface area contributed by atoms with Crippen molar-refractivity contribution in [2.24, 2.45) is 0 Å². The van der Waals surface area contributed by atoms with Gasteiger partial charge in [-0.3, -0.25) is 0 Å². The van der Waals surface area contributed by atoms with Gasteiger partial charge in [-0.05, 0) is 6.42 Å². The van der Waals surface area contributed by atoms with Crippen LogP contribution in [0.2, 0.25) is 0 Å². The number of hydrogen-bond donors (Lipinski definition) is 3. The van der Waals surface area contributed by atoms with Gasteiger partial charge in [0, 0.05) is 19.6 Å². The highest BCUT2D eigenvalue weighted by Crippen LogP contribution is 2.09. The summed E-state index contributed by atoms with van der Waals surface area (Å²) in [7, 11) is 0. The minimum absolute atomic E-state index is 0.0364. The molecule has 1 aliphatic heterocycles. The number of amides is 2. The van der Waals surface area contributed by atoms with Gasteiger partial charge in [0.25, 0.3) is 0 Å². The molecule has 7 nitrogen and oxygen atoms in total. The fraction of sp³-hybridized carbons (Fsp3) is 0.750. The van der Waals surface area contributed by atoms with Crippen LogP contribution in [0.5, 0.6) is 0 Å². The lowest BCUT2D eigenvalue weighted by Crippen LogP contribution is -2.36. The van der Waals surface area contributed by atoms with Crippen LogP contribution in [0.25, 0.3) is 0 Å². The molecule has 3 N–H and O–H groups in total. The van der Waals surface area contributed by atoms with Crippen molar-refractivity contribution in [3.8, 4) is 0 Å². The SMILES string of the molecule is O=C(NCCO)OC(=O)N1CCC(O)C1. The molecule has 7 heteroatoms. The molecule has 0 saturated carbocycles. The van der Waals surface area contributed by atoms with Gasteiger partial charge in [0.05, 0.1) is 12.7 Å². The van der Waals surface area contributed by atoms with Crippen molar-refractivity contribution in [2.75, 3.05) is 26.2 Å². The molecule has 0 bridgehead atoms. The molecular weight excluding hydrogens is 204 g/mol. The Morgan fingerprint density at radius 3 is 2.80 bits per heavy atom. The third-order valence-corrected chi connectivity index (χ3v) is 1.98. The monoisotopic (exact) mass is 218 g/mol. The molecule has 1 fully saturated rings. The number of alkyl carbamates (subject to hydrolysis) is 1. The van der Waals surface area contributed by atoms with Crippen molar-refractivity contribution in [3.63, 3.8) is 0 Å². The third kappa shape index (κ3) is 3.72. The number of ether oxygens (including phenoxy) is 1. The quantitative estimate of drug-likeness (QED) is 0.510. The van der Waals surface area contributed by atoms with Crippen molar-refractivity contribution in [3.05, 3.63) is 0 Å². The number of hydrogen-bond acceptors (Lipinski definition) is 5. The number of nitrogens with one attached hydrogen (secondary N) is 1. The minimum Gasteiger partial charge on any atom is -0.395 e. The number of aliphatic hydroxyl groups is 2. The third-order valence-electron chi connectivity index (χ3n) is 1.98. The minimum atomic E-state index is -0.893. The summed E-state index contributed by atoms with van der Waals surface area (Å²) in [5.74, 6) is 0. The van der Waals surface area contributed by atoms with E-state index in [4.69, 9.17) is 10.2 Å². The molecule has 2 amide bonds. The van der Waals surface area contributed by atoms with Crippen LogP contribution in [-0.4, -0.2) is 59.6 Å². The number of carbonyl (C=O) groups is 2. The van der Waals surface area contributed by atoms with Crippen LogP contribution in [0.1, 0.15) is 6.42 Å². The molecular formula is C8H14N2O5. The summed E-state index contributed by atoms with van der Waals surface area (Å²) in [5.41, 5.74) is 0. The van der Waals surface area contributed by atoms with Gasteiger partial charge in [-0.2, -0.15) is 0 Å². The highest BCUT2D eigenvalue weighted by Gasteiger charge is 2.26. The molecule has 15 heavy (non-hydrogen) atoms. The molecule has 0 aromatic rings. The van der Waals surface area contributed by atoms with Gasteiger partial charge < -0.3 is 25.2 Å². The number of rotatable bonds is 2. The van der Waals surface area contributed by atoms with E-state index in [1.165, 1.54) is 4.90 Å². The highest BCUT2D eigenvalue weighted by atomic mass is 16.6. The second-order valence-electron chi connectivity index (χ2n) is 3.19. The number of aliphatic hydroxyl groups excluding tert-OH is 2. The molecule has 1 saturated heterocycles. The number of carbonyl (C=O) groups excluding carboxylic acids is 2. The highest BCUT2D eigenvalue weighted by molar-refractivity contribution is 5.83. The standard InChI is InChI=1S/C8H14N2O5/c11-4-2-9-7(13)15-8(14)10-3-1-6(12)5-10/h6,11-12H,1-5H2,(H,9,13). The zero-order chi connectivity index (χ0) is 11.3. The van der Waals surface area contributed by atoms with Gasteiger partial charge in [-0.25, -0.2) is 9.59 Å². The van der Waals surface area contributed by atoms with Crippen molar-refractivity contribution in [1.29, 1.82) is 0 Å². The smallest absolute Gasteiger partial charge is 0.395 e.